The summed E-state index contributed by atoms with van der Waals surface area (Å²) in [6.45, 7) is 16.4. The molecule has 1 saturated carbocycles. The molecule has 2 unspecified atom stereocenters. The van der Waals surface area contributed by atoms with Crippen molar-refractivity contribution in [1.29, 1.82) is 0 Å². The van der Waals surface area contributed by atoms with E-state index in [1.54, 1.807) is 20.8 Å². The van der Waals surface area contributed by atoms with Gasteiger partial charge in [0.25, 0.3) is 0 Å². The van der Waals surface area contributed by atoms with Crippen molar-refractivity contribution < 1.29 is 19.1 Å². The highest BCUT2D eigenvalue weighted by molar-refractivity contribution is 5.96. The molecule has 2 atom stereocenters. The van der Waals surface area contributed by atoms with E-state index in [9.17, 15) is 14.4 Å². The third kappa shape index (κ3) is 5.50. The lowest BCUT2D eigenvalue weighted by atomic mass is 9.76. The average Bonchev–Trinajstić information content (AvgIpc) is 2.65. The van der Waals surface area contributed by atoms with Crippen LogP contribution in [0.1, 0.15) is 99.5 Å². The third-order valence-corrected chi connectivity index (χ3v) is 6.13. The fourth-order valence-electron chi connectivity index (χ4n) is 3.95. The van der Waals surface area contributed by atoms with E-state index in [0.717, 1.165) is 18.4 Å². The van der Waals surface area contributed by atoms with Gasteiger partial charge in [0.2, 0.25) is 17.8 Å². The zero-order chi connectivity index (χ0) is 25.7. The van der Waals surface area contributed by atoms with Crippen LogP contribution in [0.25, 0.3) is 0 Å². The Hall–Kier alpha value is -2.71. The summed E-state index contributed by atoms with van der Waals surface area (Å²) in [6, 6.07) is 0. The van der Waals surface area contributed by atoms with Crippen molar-refractivity contribution in [2.24, 2.45) is 16.2 Å². The van der Waals surface area contributed by atoms with E-state index in [4.69, 9.17) is 4.74 Å². The molecule has 2 bridgehead atoms. The second-order valence-corrected chi connectivity index (χ2v) is 12.6. The summed E-state index contributed by atoms with van der Waals surface area (Å²) in [4.78, 5) is 47.4. The van der Waals surface area contributed by atoms with Gasteiger partial charge < -0.3 is 15.4 Å². The largest absolute Gasteiger partial charge is 0.439 e. The van der Waals surface area contributed by atoms with Gasteiger partial charge >= 0.3 is 5.97 Å². The molecule has 2 aliphatic rings. The number of hydrogen-bond donors (Lipinski definition) is 3. The Morgan fingerprint density at radius 2 is 1.50 bits per heavy atom. The van der Waals surface area contributed by atoms with Gasteiger partial charge in [-0.25, -0.2) is 0 Å². The van der Waals surface area contributed by atoms with Crippen molar-refractivity contribution in [3.8, 4) is 0 Å². The number of carbonyl (C=O) groups is 3. The number of aromatic nitrogens is 2. The van der Waals surface area contributed by atoms with Crippen molar-refractivity contribution >= 4 is 35.4 Å². The van der Waals surface area contributed by atoms with Crippen LogP contribution in [-0.4, -0.2) is 33.5 Å². The number of fused-ring (bicyclic) bond motifs is 4. The molecule has 2 amide bonds. The molecule has 3 N–H and O–H groups in total. The lowest BCUT2D eigenvalue weighted by Crippen LogP contribution is -2.51. The summed E-state index contributed by atoms with van der Waals surface area (Å²) in [5.41, 5.74) is -2.03. The van der Waals surface area contributed by atoms with E-state index in [-0.39, 0.29) is 29.6 Å². The highest BCUT2D eigenvalue weighted by atomic mass is 16.6. The molecule has 34 heavy (non-hydrogen) atoms. The minimum absolute atomic E-state index is 0.000374. The van der Waals surface area contributed by atoms with Crippen LogP contribution in [0, 0.1) is 16.2 Å². The average molecular weight is 474 g/mol. The maximum atomic E-state index is 12.9. The van der Waals surface area contributed by atoms with Crippen LogP contribution in [0.3, 0.4) is 0 Å². The molecule has 0 radical (unpaired) electrons. The van der Waals surface area contributed by atoms with Crippen LogP contribution in [0.15, 0.2) is 0 Å². The third-order valence-electron chi connectivity index (χ3n) is 6.13. The number of anilines is 3. The second-order valence-electron chi connectivity index (χ2n) is 12.6. The fourth-order valence-corrected chi connectivity index (χ4v) is 3.95. The molecule has 9 nitrogen and oxygen atoms in total. The van der Waals surface area contributed by atoms with Crippen molar-refractivity contribution in [3.63, 3.8) is 0 Å². The van der Waals surface area contributed by atoms with Crippen LogP contribution in [0.5, 0.6) is 0 Å². The lowest BCUT2D eigenvalue weighted by Gasteiger charge is -2.46. The smallest absolute Gasteiger partial charge is 0.313 e. The molecule has 0 spiro atoms. The quantitative estimate of drug-likeness (QED) is 0.538. The van der Waals surface area contributed by atoms with Gasteiger partial charge in [-0.1, -0.05) is 41.5 Å². The summed E-state index contributed by atoms with van der Waals surface area (Å²) in [7, 11) is 0. The van der Waals surface area contributed by atoms with E-state index >= 15 is 0 Å². The minimum atomic E-state index is -0.884. The van der Waals surface area contributed by atoms with Gasteiger partial charge in [0.05, 0.1) is 5.41 Å². The van der Waals surface area contributed by atoms with Gasteiger partial charge in [-0.05, 0) is 39.5 Å². The summed E-state index contributed by atoms with van der Waals surface area (Å²) >= 11 is 0. The van der Waals surface area contributed by atoms with Crippen LogP contribution in [0.2, 0.25) is 0 Å². The number of esters is 1. The standard InChI is InChI=1S/C25H39N5O4/c1-22(2,3)18(31)26-16-15-14-11-10-12-25(13-14,34-20(33)24(7,8)9)30-17(15)28-21(27-16)29-19(32)23(4,5)6/h14H,10-13H2,1-9H3,(H3,26,27,28,29,30,31,32). The summed E-state index contributed by atoms with van der Waals surface area (Å²) in [5, 5.41) is 9.07. The van der Waals surface area contributed by atoms with E-state index in [1.807, 2.05) is 41.5 Å². The van der Waals surface area contributed by atoms with Gasteiger partial charge in [0, 0.05) is 29.2 Å². The predicted octanol–water partition coefficient (Wildman–Crippen LogP) is 4.81. The Morgan fingerprint density at radius 1 is 0.912 bits per heavy atom. The van der Waals surface area contributed by atoms with E-state index in [1.165, 1.54) is 0 Å². The van der Waals surface area contributed by atoms with E-state index < -0.39 is 22.0 Å². The molecule has 0 aromatic carbocycles. The second kappa shape index (κ2) is 8.50. The summed E-state index contributed by atoms with van der Waals surface area (Å²) < 4.78 is 6.04. The Balaban J connectivity index is 2.06. The van der Waals surface area contributed by atoms with Gasteiger partial charge in [0.15, 0.2) is 5.72 Å². The molecule has 9 heteroatoms. The van der Waals surface area contributed by atoms with Crippen LogP contribution in [-0.2, 0) is 19.1 Å². The molecule has 2 heterocycles. The number of carbonyl (C=O) groups excluding carboxylic acids is 3. The van der Waals surface area contributed by atoms with Crippen molar-refractivity contribution in [2.75, 3.05) is 16.0 Å². The zero-order valence-corrected chi connectivity index (χ0v) is 21.9. The molecular formula is C25H39N5O4. The van der Waals surface area contributed by atoms with Crippen molar-refractivity contribution in [2.45, 2.75) is 99.6 Å². The molecule has 188 valence electrons. The lowest BCUT2D eigenvalue weighted by molar-refractivity contribution is -0.170. The highest BCUT2D eigenvalue weighted by Gasteiger charge is 2.48. The minimum Gasteiger partial charge on any atom is -0.439 e. The first kappa shape index (κ1) is 25.9. The zero-order valence-electron chi connectivity index (χ0n) is 21.9. The molecule has 1 fully saturated rings. The topological polar surface area (TPSA) is 122 Å². The monoisotopic (exact) mass is 473 g/mol. The first-order valence-corrected chi connectivity index (χ1v) is 12.0. The fraction of sp³-hybridized carbons (Fsp3) is 0.720. The molecule has 1 aromatic rings. The van der Waals surface area contributed by atoms with Crippen LogP contribution in [0.4, 0.5) is 17.6 Å². The first-order valence-electron chi connectivity index (χ1n) is 12.0. The number of nitrogens with zero attached hydrogens (tertiary/aromatic N) is 2. The Morgan fingerprint density at radius 3 is 2.06 bits per heavy atom. The highest BCUT2D eigenvalue weighted by Crippen LogP contribution is 2.50. The van der Waals surface area contributed by atoms with Gasteiger partial charge in [-0.2, -0.15) is 9.97 Å². The molecule has 1 aliphatic carbocycles. The number of amides is 2. The molecule has 3 rings (SSSR count). The Kier molecular flexibility index (Phi) is 6.48. The van der Waals surface area contributed by atoms with Gasteiger partial charge in [-0.3, -0.25) is 19.7 Å². The SMILES string of the molecule is CC(C)(C)C(=O)Nc1nc(NC(=O)C(C)(C)C)c2c(n1)NC1(OC(=O)C(C)(C)C)CCCC2C1. The molecule has 1 aliphatic heterocycles. The first-order chi connectivity index (χ1) is 15.4. The summed E-state index contributed by atoms with van der Waals surface area (Å²) in [6.07, 6.45) is 2.93. The van der Waals surface area contributed by atoms with Crippen molar-refractivity contribution in [1.82, 2.24) is 9.97 Å². The maximum absolute atomic E-state index is 12.9. The predicted molar refractivity (Wildman–Crippen MR) is 131 cm³/mol. The number of nitrogens with one attached hydrogen (secondary N) is 3. The Labute approximate surface area is 202 Å². The number of rotatable bonds is 3. The van der Waals surface area contributed by atoms with Gasteiger partial charge in [0.1, 0.15) is 11.6 Å². The summed E-state index contributed by atoms with van der Waals surface area (Å²) in [5.74, 6) is 0.220. The normalized spacial score (nSPS) is 22.2. The van der Waals surface area contributed by atoms with Crippen LogP contribution >= 0.6 is 0 Å². The van der Waals surface area contributed by atoms with Crippen molar-refractivity contribution in [3.05, 3.63) is 5.56 Å². The molecule has 1 aromatic heterocycles. The number of hydrogen-bond acceptors (Lipinski definition) is 7. The Bertz CT molecular complexity index is 1000. The van der Waals surface area contributed by atoms with E-state index in [0.29, 0.717) is 24.5 Å². The number of ether oxygens (including phenoxy) is 1. The van der Waals surface area contributed by atoms with Gasteiger partial charge in [-0.15, -0.1) is 0 Å². The van der Waals surface area contributed by atoms with E-state index in [2.05, 4.69) is 25.9 Å². The molecular weight excluding hydrogens is 434 g/mol. The molecule has 0 saturated heterocycles. The van der Waals surface area contributed by atoms with Crippen LogP contribution < -0.4 is 16.0 Å². The maximum Gasteiger partial charge on any atom is 0.313 e.